The molecule has 1 aliphatic heterocycles. The van der Waals surface area contributed by atoms with Crippen molar-refractivity contribution >= 4 is 5.91 Å². The third-order valence-electron chi connectivity index (χ3n) is 7.09. The highest BCUT2D eigenvalue weighted by Gasteiger charge is 2.29. The molecule has 1 amide bonds. The van der Waals surface area contributed by atoms with Gasteiger partial charge >= 0.3 is 0 Å². The van der Waals surface area contributed by atoms with Gasteiger partial charge in [-0.3, -0.25) is 9.69 Å². The number of rotatable bonds is 6. The number of amides is 1. The third kappa shape index (κ3) is 5.05. The Labute approximate surface area is 213 Å². The average Bonchev–Trinajstić information content (AvgIpc) is 2.95. The second-order valence-corrected chi connectivity index (χ2v) is 9.31. The van der Waals surface area contributed by atoms with Crippen LogP contribution in [0, 0.1) is 6.92 Å². The fraction of sp³-hybridized carbons (Fsp3) is 0.219. The molecule has 4 heteroatoms. The minimum Gasteiger partial charge on any atom is -0.497 e. The molecule has 0 atom stereocenters. The summed E-state index contributed by atoms with van der Waals surface area (Å²) in [6, 6.07) is 35.6. The number of methoxy groups -OCH3 is 1. The van der Waals surface area contributed by atoms with Gasteiger partial charge in [0.1, 0.15) is 5.75 Å². The minimum atomic E-state index is 0.110. The number of carbonyl (C=O) groups is 1. The van der Waals surface area contributed by atoms with Crippen LogP contribution in [0.1, 0.15) is 33.1 Å². The van der Waals surface area contributed by atoms with E-state index in [1.165, 1.54) is 11.1 Å². The van der Waals surface area contributed by atoms with E-state index in [2.05, 4.69) is 71.6 Å². The number of ether oxygens (including phenoxy) is 1. The molecule has 36 heavy (non-hydrogen) atoms. The van der Waals surface area contributed by atoms with Gasteiger partial charge in [0.05, 0.1) is 13.2 Å². The third-order valence-corrected chi connectivity index (χ3v) is 7.09. The number of carbonyl (C=O) groups excluding carboxylic acids is 1. The van der Waals surface area contributed by atoms with Crippen LogP contribution in [0.15, 0.2) is 103 Å². The largest absolute Gasteiger partial charge is 0.497 e. The highest BCUT2D eigenvalue weighted by atomic mass is 16.5. The summed E-state index contributed by atoms with van der Waals surface area (Å²) in [6.07, 6.45) is 0. The van der Waals surface area contributed by atoms with Crippen LogP contribution < -0.4 is 4.74 Å². The van der Waals surface area contributed by atoms with Crippen molar-refractivity contribution < 1.29 is 9.53 Å². The van der Waals surface area contributed by atoms with Gasteiger partial charge in [-0.05, 0) is 52.9 Å². The Morgan fingerprint density at radius 1 is 0.722 bits per heavy atom. The summed E-state index contributed by atoms with van der Waals surface area (Å²) in [6.45, 7) is 5.10. The first-order valence-corrected chi connectivity index (χ1v) is 12.5. The first kappa shape index (κ1) is 23.8. The molecule has 1 heterocycles. The van der Waals surface area contributed by atoms with Crippen LogP contribution in [0.3, 0.4) is 0 Å². The van der Waals surface area contributed by atoms with Crippen molar-refractivity contribution in [1.82, 2.24) is 9.80 Å². The summed E-state index contributed by atoms with van der Waals surface area (Å²) < 4.78 is 5.28. The second-order valence-electron chi connectivity index (χ2n) is 9.31. The van der Waals surface area contributed by atoms with Crippen molar-refractivity contribution in [1.29, 1.82) is 0 Å². The maximum Gasteiger partial charge on any atom is 0.254 e. The molecule has 4 nitrogen and oxygen atoms in total. The zero-order chi connectivity index (χ0) is 24.9. The lowest BCUT2D eigenvalue weighted by Crippen LogP contribution is -2.50. The van der Waals surface area contributed by atoms with Crippen molar-refractivity contribution in [3.05, 3.63) is 125 Å². The van der Waals surface area contributed by atoms with E-state index < -0.39 is 0 Å². The maximum absolute atomic E-state index is 13.6. The Morgan fingerprint density at radius 2 is 1.28 bits per heavy atom. The number of aryl methyl sites for hydroxylation is 1. The topological polar surface area (TPSA) is 32.8 Å². The predicted octanol–water partition coefficient (Wildman–Crippen LogP) is 6.22. The van der Waals surface area contributed by atoms with Crippen LogP contribution >= 0.6 is 0 Å². The summed E-state index contributed by atoms with van der Waals surface area (Å²) in [5.41, 5.74) is 6.46. The molecule has 4 aromatic rings. The standard InChI is InChI=1S/C32H32N2O2/c1-24-13-14-28(25-15-17-29(36-2)18-16-25)23-30(24)32(35)34-21-19-33(20-22-34)31(26-9-5-3-6-10-26)27-11-7-4-8-12-27/h3-18,23,31H,19-22H2,1-2H3. The molecule has 0 radical (unpaired) electrons. The molecule has 182 valence electrons. The zero-order valence-electron chi connectivity index (χ0n) is 20.9. The highest BCUT2D eigenvalue weighted by Crippen LogP contribution is 2.30. The molecule has 1 saturated heterocycles. The summed E-state index contributed by atoms with van der Waals surface area (Å²) >= 11 is 0. The molecule has 0 saturated carbocycles. The molecule has 0 spiro atoms. The molecule has 1 fully saturated rings. The smallest absolute Gasteiger partial charge is 0.254 e. The summed E-state index contributed by atoms with van der Waals surface area (Å²) in [5.74, 6) is 0.933. The summed E-state index contributed by atoms with van der Waals surface area (Å²) in [4.78, 5) is 18.1. The van der Waals surface area contributed by atoms with Crippen LogP contribution in [0.4, 0.5) is 0 Å². The first-order valence-electron chi connectivity index (χ1n) is 12.5. The lowest BCUT2D eigenvalue weighted by atomic mass is 9.96. The van der Waals surface area contributed by atoms with E-state index in [0.717, 1.165) is 41.1 Å². The first-order chi connectivity index (χ1) is 17.6. The molecule has 0 aliphatic carbocycles. The van der Waals surface area contributed by atoms with E-state index >= 15 is 0 Å². The van der Waals surface area contributed by atoms with Crippen molar-refractivity contribution in [3.63, 3.8) is 0 Å². The fourth-order valence-electron chi connectivity index (χ4n) is 5.05. The van der Waals surface area contributed by atoms with E-state index in [1.54, 1.807) is 7.11 Å². The molecule has 0 unspecified atom stereocenters. The molecule has 0 N–H and O–H groups in total. The van der Waals surface area contributed by atoms with Gasteiger partial charge in [-0.1, -0.05) is 84.9 Å². The van der Waals surface area contributed by atoms with Gasteiger partial charge in [-0.2, -0.15) is 0 Å². The van der Waals surface area contributed by atoms with Gasteiger partial charge in [0.15, 0.2) is 0 Å². The Balaban J connectivity index is 1.33. The van der Waals surface area contributed by atoms with E-state index in [4.69, 9.17) is 4.74 Å². The Kier molecular flexibility index (Phi) is 7.15. The van der Waals surface area contributed by atoms with E-state index in [9.17, 15) is 4.79 Å². The van der Waals surface area contributed by atoms with Gasteiger partial charge in [0.2, 0.25) is 0 Å². The van der Waals surface area contributed by atoms with Crippen molar-refractivity contribution in [2.45, 2.75) is 13.0 Å². The lowest BCUT2D eigenvalue weighted by Gasteiger charge is -2.40. The maximum atomic E-state index is 13.6. The van der Waals surface area contributed by atoms with Gasteiger partial charge in [-0.15, -0.1) is 0 Å². The van der Waals surface area contributed by atoms with Gasteiger partial charge in [-0.25, -0.2) is 0 Å². The minimum absolute atomic E-state index is 0.110. The molecule has 0 bridgehead atoms. The fourth-order valence-corrected chi connectivity index (χ4v) is 5.05. The number of hydrogen-bond donors (Lipinski definition) is 0. The van der Waals surface area contributed by atoms with Crippen molar-refractivity contribution in [2.75, 3.05) is 33.3 Å². The van der Waals surface area contributed by atoms with E-state index in [-0.39, 0.29) is 11.9 Å². The molecule has 5 rings (SSSR count). The Hall–Kier alpha value is -3.89. The van der Waals surface area contributed by atoms with Crippen LogP contribution in [0.5, 0.6) is 5.75 Å². The lowest BCUT2D eigenvalue weighted by molar-refractivity contribution is 0.0596. The quantitative estimate of drug-likeness (QED) is 0.331. The van der Waals surface area contributed by atoms with E-state index in [0.29, 0.717) is 13.1 Å². The predicted molar refractivity (Wildman–Crippen MR) is 145 cm³/mol. The molecular formula is C32H32N2O2. The molecule has 1 aliphatic rings. The Bertz CT molecular complexity index is 1260. The SMILES string of the molecule is COc1ccc(-c2ccc(C)c(C(=O)N3CCN(C(c4ccccc4)c4ccccc4)CC3)c2)cc1. The van der Waals surface area contributed by atoms with Gasteiger partial charge in [0.25, 0.3) is 5.91 Å². The number of piperazine rings is 1. The van der Waals surface area contributed by atoms with Crippen LogP contribution in [-0.2, 0) is 0 Å². The van der Waals surface area contributed by atoms with E-state index in [1.807, 2.05) is 48.2 Å². The normalized spacial score (nSPS) is 14.1. The van der Waals surface area contributed by atoms with Gasteiger partial charge in [0, 0.05) is 31.7 Å². The summed E-state index contributed by atoms with van der Waals surface area (Å²) in [5, 5.41) is 0. The highest BCUT2D eigenvalue weighted by molar-refractivity contribution is 5.97. The number of nitrogens with zero attached hydrogens (tertiary/aromatic N) is 2. The zero-order valence-corrected chi connectivity index (χ0v) is 20.9. The summed E-state index contributed by atoms with van der Waals surface area (Å²) in [7, 11) is 1.67. The van der Waals surface area contributed by atoms with Crippen molar-refractivity contribution in [3.8, 4) is 16.9 Å². The number of hydrogen-bond acceptors (Lipinski definition) is 3. The second kappa shape index (κ2) is 10.8. The number of benzene rings is 4. The monoisotopic (exact) mass is 476 g/mol. The van der Waals surface area contributed by atoms with Crippen LogP contribution in [-0.4, -0.2) is 49.0 Å². The van der Waals surface area contributed by atoms with Crippen molar-refractivity contribution in [2.24, 2.45) is 0 Å². The molecule has 0 aromatic heterocycles. The molecular weight excluding hydrogens is 444 g/mol. The van der Waals surface area contributed by atoms with Crippen LogP contribution in [0.25, 0.3) is 11.1 Å². The van der Waals surface area contributed by atoms with Gasteiger partial charge < -0.3 is 9.64 Å². The van der Waals surface area contributed by atoms with Crippen LogP contribution in [0.2, 0.25) is 0 Å². The average molecular weight is 477 g/mol. The molecule has 4 aromatic carbocycles. The Morgan fingerprint density at radius 3 is 1.83 bits per heavy atom.